The second-order valence-electron chi connectivity index (χ2n) is 8.21. The number of aliphatic hydroxyl groups is 2. The number of carbonyl (C=O) groups excluding carboxylic acids is 1. The van der Waals surface area contributed by atoms with Gasteiger partial charge in [-0.25, -0.2) is 0 Å². The zero-order valence-corrected chi connectivity index (χ0v) is 16.8. The molecule has 4 N–H and O–H groups in total. The van der Waals surface area contributed by atoms with Gasteiger partial charge in [0.25, 0.3) is 0 Å². The maximum Gasteiger partial charge on any atom is 0.221 e. The number of rotatable bonds is 5. The lowest BCUT2D eigenvalue weighted by Gasteiger charge is -2.42. The molecule has 28 heavy (non-hydrogen) atoms. The molecular formula is C20H29N3O4S. The van der Waals surface area contributed by atoms with Crippen molar-refractivity contribution in [2.24, 2.45) is 22.6 Å². The molecule has 0 radical (unpaired) electrons. The Hall–Kier alpha value is -1.51. The van der Waals surface area contributed by atoms with E-state index in [9.17, 15) is 15.0 Å². The molecule has 7 nitrogen and oxygen atoms in total. The van der Waals surface area contributed by atoms with Crippen molar-refractivity contribution in [3.63, 3.8) is 0 Å². The van der Waals surface area contributed by atoms with Gasteiger partial charge in [-0.2, -0.15) is 0 Å². The van der Waals surface area contributed by atoms with E-state index in [0.717, 1.165) is 17.5 Å². The van der Waals surface area contributed by atoms with Crippen molar-refractivity contribution >= 4 is 22.8 Å². The molecule has 2 heterocycles. The molecule has 3 fully saturated rings. The van der Waals surface area contributed by atoms with Crippen LogP contribution in [-0.2, 0) is 11.3 Å². The van der Waals surface area contributed by atoms with Crippen LogP contribution in [0.4, 0.5) is 0 Å². The predicted molar refractivity (Wildman–Crippen MR) is 108 cm³/mol. The fourth-order valence-electron chi connectivity index (χ4n) is 4.83. The van der Waals surface area contributed by atoms with Crippen molar-refractivity contribution in [1.82, 2.24) is 4.90 Å². The molecule has 5 atom stereocenters. The number of aliphatic imine (C=N–C) groups is 1. The lowest BCUT2D eigenvalue weighted by Crippen LogP contribution is -2.59. The van der Waals surface area contributed by atoms with E-state index in [1.165, 1.54) is 43.9 Å². The number of nitrogens with zero attached hydrogens (tertiary/aromatic N) is 2. The molecule has 0 spiro atoms. The number of amides is 1. The van der Waals surface area contributed by atoms with E-state index in [1.54, 1.807) is 6.26 Å². The molecule has 1 aromatic heterocycles. The highest BCUT2D eigenvalue weighted by atomic mass is 32.2. The van der Waals surface area contributed by atoms with Crippen LogP contribution in [0.1, 0.15) is 44.3 Å². The molecule has 2 saturated carbocycles. The number of hydrogen-bond donors (Lipinski definition) is 3. The van der Waals surface area contributed by atoms with E-state index >= 15 is 0 Å². The highest BCUT2D eigenvalue weighted by Crippen LogP contribution is 2.45. The molecule has 4 rings (SSSR count). The van der Waals surface area contributed by atoms with E-state index in [1.807, 2.05) is 12.1 Å². The monoisotopic (exact) mass is 407 g/mol. The third-order valence-corrected chi connectivity index (χ3v) is 7.77. The topological polar surface area (TPSA) is 112 Å². The Morgan fingerprint density at radius 1 is 1.32 bits per heavy atom. The number of carbonyl (C=O) groups is 1. The van der Waals surface area contributed by atoms with Crippen LogP contribution in [0, 0.1) is 11.8 Å². The first kappa shape index (κ1) is 19.8. The minimum Gasteiger partial charge on any atom is -0.467 e. The Bertz CT molecular complexity index is 704. The van der Waals surface area contributed by atoms with Crippen molar-refractivity contribution in [3.05, 3.63) is 24.2 Å². The summed E-state index contributed by atoms with van der Waals surface area (Å²) in [5, 5.41) is 21.8. The summed E-state index contributed by atoms with van der Waals surface area (Å²) in [4.78, 5) is 18.9. The summed E-state index contributed by atoms with van der Waals surface area (Å²) in [6.07, 6.45) is 6.05. The molecule has 1 aromatic rings. The van der Waals surface area contributed by atoms with E-state index in [2.05, 4.69) is 4.90 Å². The summed E-state index contributed by atoms with van der Waals surface area (Å²) in [6.45, 7) is 1.20. The predicted octanol–water partition coefficient (Wildman–Crippen LogP) is 1.73. The maximum atomic E-state index is 12.0. The second kappa shape index (κ2) is 8.47. The fraction of sp³-hybridized carbons (Fsp3) is 0.700. The number of furan rings is 1. The van der Waals surface area contributed by atoms with Crippen LogP contribution in [0.2, 0.25) is 0 Å². The molecule has 1 saturated heterocycles. The number of fused-ring (bicyclic) bond motifs is 1. The van der Waals surface area contributed by atoms with Crippen LogP contribution < -0.4 is 5.73 Å². The fourth-order valence-corrected chi connectivity index (χ4v) is 6.40. The van der Waals surface area contributed by atoms with E-state index in [4.69, 9.17) is 15.1 Å². The average molecular weight is 408 g/mol. The lowest BCUT2D eigenvalue weighted by molar-refractivity contribution is -0.128. The molecular weight excluding hydrogens is 378 g/mol. The van der Waals surface area contributed by atoms with Gasteiger partial charge in [-0.05, 0) is 37.3 Å². The van der Waals surface area contributed by atoms with Crippen LogP contribution in [-0.4, -0.2) is 56.2 Å². The van der Waals surface area contributed by atoms with Crippen molar-refractivity contribution < 1.29 is 19.4 Å². The number of amidine groups is 1. The van der Waals surface area contributed by atoms with Gasteiger partial charge in [0.2, 0.25) is 5.91 Å². The van der Waals surface area contributed by atoms with Crippen molar-refractivity contribution in [3.8, 4) is 0 Å². The first-order valence-electron chi connectivity index (χ1n) is 10.2. The SMILES string of the molecule is NC(=O)C1CC(O)C(O)C2C1SC(=NCc1ccco1)N2CC1CCCCC1. The van der Waals surface area contributed by atoms with E-state index in [-0.39, 0.29) is 17.7 Å². The maximum absolute atomic E-state index is 12.0. The Morgan fingerprint density at radius 2 is 2.11 bits per heavy atom. The number of primary amides is 1. The first-order chi connectivity index (χ1) is 13.5. The highest BCUT2D eigenvalue weighted by molar-refractivity contribution is 8.14. The summed E-state index contributed by atoms with van der Waals surface area (Å²) in [5.41, 5.74) is 5.64. The van der Waals surface area contributed by atoms with Gasteiger partial charge in [0.05, 0.1) is 30.9 Å². The summed E-state index contributed by atoms with van der Waals surface area (Å²) in [6, 6.07) is 3.37. The number of thioether (sulfide) groups is 1. The highest BCUT2D eigenvalue weighted by Gasteiger charge is 2.54. The van der Waals surface area contributed by atoms with Gasteiger partial charge < -0.3 is 25.3 Å². The minimum absolute atomic E-state index is 0.185. The largest absolute Gasteiger partial charge is 0.467 e. The lowest BCUT2D eigenvalue weighted by atomic mass is 9.79. The third kappa shape index (κ3) is 3.95. The number of nitrogens with two attached hydrogens (primary N) is 1. The van der Waals surface area contributed by atoms with Crippen LogP contribution in [0.3, 0.4) is 0 Å². The van der Waals surface area contributed by atoms with Gasteiger partial charge >= 0.3 is 0 Å². The molecule has 3 aliphatic rings. The van der Waals surface area contributed by atoms with Gasteiger partial charge in [0.15, 0.2) is 5.17 Å². The van der Waals surface area contributed by atoms with Crippen molar-refractivity contribution in [2.45, 2.75) is 68.6 Å². The quantitative estimate of drug-likeness (QED) is 0.685. The van der Waals surface area contributed by atoms with Crippen LogP contribution in [0.25, 0.3) is 0 Å². The molecule has 154 valence electrons. The second-order valence-corrected chi connectivity index (χ2v) is 9.36. The number of hydrogen-bond acceptors (Lipinski definition) is 6. The third-order valence-electron chi connectivity index (χ3n) is 6.32. The van der Waals surface area contributed by atoms with Gasteiger partial charge in [0.1, 0.15) is 11.9 Å². The minimum atomic E-state index is -0.947. The zero-order chi connectivity index (χ0) is 19.7. The molecule has 1 amide bonds. The molecule has 0 bridgehead atoms. The first-order valence-corrected chi connectivity index (χ1v) is 11.1. The van der Waals surface area contributed by atoms with Crippen LogP contribution in [0.15, 0.2) is 27.8 Å². The Morgan fingerprint density at radius 3 is 2.79 bits per heavy atom. The van der Waals surface area contributed by atoms with Gasteiger partial charge in [-0.15, -0.1) is 0 Å². The summed E-state index contributed by atoms with van der Waals surface area (Å²) in [5.74, 6) is 0.421. The van der Waals surface area contributed by atoms with Crippen LogP contribution in [0.5, 0.6) is 0 Å². The zero-order valence-electron chi connectivity index (χ0n) is 15.9. The van der Waals surface area contributed by atoms with E-state index < -0.39 is 24.0 Å². The molecule has 2 aliphatic carbocycles. The smallest absolute Gasteiger partial charge is 0.221 e. The average Bonchev–Trinajstić information content (AvgIpc) is 3.32. The van der Waals surface area contributed by atoms with Gasteiger partial charge in [-0.3, -0.25) is 9.79 Å². The molecule has 5 unspecified atom stereocenters. The standard InChI is InChI=1S/C20H29N3O4S/c21-19(26)14-9-15(24)17(25)16-18(14)28-20(22-10-13-7-4-8-27-13)23(16)11-12-5-2-1-3-6-12/h4,7-8,12,14-18,24-25H,1-3,5-6,9-11H2,(H2,21,26). The van der Waals surface area contributed by atoms with Gasteiger partial charge in [0, 0.05) is 11.8 Å². The van der Waals surface area contributed by atoms with Gasteiger partial charge in [-0.1, -0.05) is 31.0 Å². The van der Waals surface area contributed by atoms with Crippen molar-refractivity contribution in [2.75, 3.05) is 6.54 Å². The Balaban J connectivity index is 1.61. The van der Waals surface area contributed by atoms with E-state index in [0.29, 0.717) is 12.5 Å². The van der Waals surface area contributed by atoms with Crippen LogP contribution >= 0.6 is 11.8 Å². The summed E-state index contributed by atoms with van der Waals surface area (Å²) in [7, 11) is 0. The molecule has 8 heteroatoms. The normalized spacial score (nSPS) is 35.3. The van der Waals surface area contributed by atoms with Crippen molar-refractivity contribution in [1.29, 1.82) is 0 Å². The number of aliphatic hydroxyl groups excluding tert-OH is 2. The summed E-state index contributed by atoms with van der Waals surface area (Å²) >= 11 is 1.52. The molecule has 0 aromatic carbocycles. The molecule has 1 aliphatic heterocycles. The Labute approximate surface area is 169 Å². The summed E-state index contributed by atoms with van der Waals surface area (Å²) < 4.78 is 5.40. The Kier molecular flexibility index (Phi) is 5.99.